The normalized spacial score (nSPS) is 21.7. The number of aryl methyl sites for hydroxylation is 1. The molecule has 7 heteroatoms. The first kappa shape index (κ1) is 13.4. The van der Waals surface area contributed by atoms with Crippen LogP contribution in [0.1, 0.15) is 11.3 Å². The van der Waals surface area contributed by atoms with Crippen LogP contribution in [0.4, 0.5) is 0 Å². The molecule has 0 unspecified atom stereocenters. The highest BCUT2D eigenvalue weighted by Gasteiger charge is 2.27. The van der Waals surface area contributed by atoms with Gasteiger partial charge in [0.2, 0.25) is 0 Å². The van der Waals surface area contributed by atoms with Crippen LogP contribution >= 0.6 is 11.8 Å². The number of amides is 1. The number of nitrogens with zero attached hydrogens (tertiary/aromatic N) is 4. The quantitative estimate of drug-likeness (QED) is 0.724. The first-order valence-electron chi connectivity index (χ1n) is 6.49. The zero-order chi connectivity index (χ0) is 14.1. The Morgan fingerprint density at radius 1 is 1.40 bits per heavy atom. The standard InChI is InChI=1S/C13H16N4O2S/c1-9-10(8-14-16(9)2)7-11-12(18)15-13(20-11)17-3-5-19-6-4-17/h7-8H,3-6H2,1-2H3/b11-7+. The fourth-order valence-corrected chi connectivity index (χ4v) is 3.04. The maximum absolute atomic E-state index is 12.0. The Balaban J connectivity index is 1.78. The van der Waals surface area contributed by atoms with Crippen LogP contribution in [0.5, 0.6) is 0 Å². The molecule has 3 rings (SSSR count). The minimum Gasteiger partial charge on any atom is -0.378 e. The second-order valence-corrected chi connectivity index (χ2v) is 5.73. The largest absolute Gasteiger partial charge is 0.378 e. The average Bonchev–Trinajstić information content (AvgIpc) is 2.98. The predicted molar refractivity (Wildman–Crippen MR) is 78.3 cm³/mol. The molecule has 0 aromatic carbocycles. The molecule has 2 aliphatic heterocycles. The van der Waals surface area contributed by atoms with Crippen molar-refractivity contribution < 1.29 is 9.53 Å². The second-order valence-electron chi connectivity index (χ2n) is 4.72. The molecule has 1 saturated heterocycles. The number of morpholine rings is 1. The fourth-order valence-electron chi connectivity index (χ4n) is 2.09. The summed E-state index contributed by atoms with van der Waals surface area (Å²) in [5.41, 5.74) is 1.99. The van der Waals surface area contributed by atoms with E-state index in [9.17, 15) is 4.79 Å². The molecule has 0 N–H and O–H groups in total. The van der Waals surface area contributed by atoms with Crippen molar-refractivity contribution in [2.45, 2.75) is 6.92 Å². The topological polar surface area (TPSA) is 59.7 Å². The highest BCUT2D eigenvalue weighted by molar-refractivity contribution is 8.18. The lowest BCUT2D eigenvalue weighted by atomic mass is 10.2. The Hall–Kier alpha value is -1.60. The molecular formula is C13H16N4O2S. The molecule has 0 saturated carbocycles. The zero-order valence-electron chi connectivity index (χ0n) is 11.5. The SMILES string of the molecule is Cc1c(/C=C2/SC(N3CCOCC3)=NC2=O)cnn1C. The molecule has 20 heavy (non-hydrogen) atoms. The molecule has 106 valence electrons. The number of carbonyl (C=O) groups is 1. The summed E-state index contributed by atoms with van der Waals surface area (Å²) in [4.78, 5) is 18.9. The smallest absolute Gasteiger partial charge is 0.286 e. The third-order valence-corrected chi connectivity index (χ3v) is 4.50. The fraction of sp³-hybridized carbons (Fsp3) is 0.462. The van der Waals surface area contributed by atoms with Gasteiger partial charge < -0.3 is 9.64 Å². The van der Waals surface area contributed by atoms with Crippen molar-refractivity contribution >= 4 is 28.9 Å². The molecule has 3 heterocycles. The van der Waals surface area contributed by atoms with Crippen LogP contribution in [0.2, 0.25) is 0 Å². The summed E-state index contributed by atoms with van der Waals surface area (Å²) in [7, 11) is 1.89. The van der Waals surface area contributed by atoms with Gasteiger partial charge >= 0.3 is 0 Å². The maximum atomic E-state index is 12.0. The van der Waals surface area contributed by atoms with Gasteiger partial charge in [0.1, 0.15) is 0 Å². The van der Waals surface area contributed by atoms with Crippen LogP contribution in [0, 0.1) is 6.92 Å². The van der Waals surface area contributed by atoms with Crippen LogP contribution in [0.15, 0.2) is 16.1 Å². The summed E-state index contributed by atoms with van der Waals surface area (Å²) in [6.07, 6.45) is 3.63. The van der Waals surface area contributed by atoms with Crippen molar-refractivity contribution in [2.75, 3.05) is 26.3 Å². The summed E-state index contributed by atoms with van der Waals surface area (Å²) in [6, 6.07) is 0. The molecule has 1 fully saturated rings. The van der Waals surface area contributed by atoms with Gasteiger partial charge in [0.15, 0.2) is 5.17 Å². The second kappa shape index (κ2) is 5.41. The van der Waals surface area contributed by atoms with E-state index in [2.05, 4.69) is 15.0 Å². The number of carbonyl (C=O) groups excluding carboxylic acids is 1. The molecular weight excluding hydrogens is 276 g/mol. The molecule has 6 nitrogen and oxygen atoms in total. The number of aromatic nitrogens is 2. The van der Waals surface area contributed by atoms with Gasteiger partial charge in [0, 0.05) is 31.4 Å². The minimum atomic E-state index is -0.167. The van der Waals surface area contributed by atoms with E-state index in [1.54, 1.807) is 10.9 Å². The number of ether oxygens (including phenoxy) is 1. The summed E-state index contributed by atoms with van der Waals surface area (Å²) < 4.78 is 7.10. The molecule has 0 radical (unpaired) electrons. The van der Waals surface area contributed by atoms with Crippen molar-refractivity contribution in [1.82, 2.24) is 14.7 Å². The Morgan fingerprint density at radius 2 is 2.15 bits per heavy atom. The molecule has 1 aromatic rings. The van der Waals surface area contributed by atoms with Gasteiger partial charge in [-0.1, -0.05) is 0 Å². The van der Waals surface area contributed by atoms with Crippen molar-refractivity contribution in [3.8, 4) is 0 Å². The van der Waals surface area contributed by atoms with Gasteiger partial charge in [-0.25, -0.2) is 0 Å². The Kier molecular flexibility index (Phi) is 3.62. The van der Waals surface area contributed by atoms with Gasteiger partial charge in [-0.15, -0.1) is 0 Å². The van der Waals surface area contributed by atoms with Crippen LogP contribution in [-0.4, -0.2) is 52.1 Å². The molecule has 0 bridgehead atoms. The molecule has 0 spiro atoms. The van der Waals surface area contributed by atoms with E-state index < -0.39 is 0 Å². The van der Waals surface area contributed by atoms with E-state index in [1.807, 2.05) is 20.0 Å². The van der Waals surface area contributed by atoms with Gasteiger partial charge in [-0.05, 0) is 24.8 Å². The van der Waals surface area contributed by atoms with Crippen LogP contribution < -0.4 is 0 Å². The first-order valence-corrected chi connectivity index (χ1v) is 7.30. The van der Waals surface area contributed by atoms with Crippen LogP contribution in [0.3, 0.4) is 0 Å². The predicted octanol–water partition coefficient (Wildman–Crippen LogP) is 1.03. The lowest BCUT2D eigenvalue weighted by Gasteiger charge is -2.27. The van der Waals surface area contributed by atoms with E-state index in [4.69, 9.17) is 4.74 Å². The molecule has 2 aliphatic rings. The van der Waals surface area contributed by atoms with E-state index in [0.29, 0.717) is 18.1 Å². The van der Waals surface area contributed by atoms with Gasteiger partial charge in [0.25, 0.3) is 5.91 Å². The lowest BCUT2D eigenvalue weighted by molar-refractivity contribution is -0.113. The number of hydrogen-bond acceptors (Lipinski definition) is 5. The number of hydrogen-bond donors (Lipinski definition) is 0. The number of rotatable bonds is 1. The Bertz CT molecular complexity index is 600. The van der Waals surface area contributed by atoms with Crippen molar-refractivity contribution in [3.63, 3.8) is 0 Å². The average molecular weight is 292 g/mol. The zero-order valence-corrected chi connectivity index (χ0v) is 12.3. The van der Waals surface area contributed by atoms with E-state index in [-0.39, 0.29) is 5.91 Å². The Morgan fingerprint density at radius 3 is 2.80 bits per heavy atom. The molecule has 0 atom stereocenters. The van der Waals surface area contributed by atoms with Crippen LogP contribution in [-0.2, 0) is 16.6 Å². The molecule has 0 aliphatic carbocycles. The molecule has 1 amide bonds. The van der Waals surface area contributed by atoms with E-state index in [1.165, 1.54) is 11.8 Å². The van der Waals surface area contributed by atoms with Gasteiger partial charge in [0.05, 0.1) is 24.3 Å². The minimum absolute atomic E-state index is 0.167. The first-order chi connectivity index (χ1) is 9.65. The lowest BCUT2D eigenvalue weighted by Crippen LogP contribution is -2.38. The Labute approximate surface area is 121 Å². The summed E-state index contributed by atoms with van der Waals surface area (Å²) in [5, 5.41) is 4.96. The van der Waals surface area contributed by atoms with Gasteiger partial charge in [-0.3, -0.25) is 9.48 Å². The summed E-state index contributed by atoms with van der Waals surface area (Å²) >= 11 is 1.43. The monoisotopic (exact) mass is 292 g/mol. The van der Waals surface area contributed by atoms with E-state index >= 15 is 0 Å². The molecule has 1 aromatic heterocycles. The summed E-state index contributed by atoms with van der Waals surface area (Å²) in [5.74, 6) is -0.167. The van der Waals surface area contributed by atoms with Crippen molar-refractivity contribution in [2.24, 2.45) is 12.0 Å². The number of aliphatic imine (C=N–C) groups is 1. The third-order valence-electron chi connectivity index (χ3n) is 3.45. The van der Waals surface area contributed by atoms with E-state index in [0.717, 1.165) is 29.5 Å². The van der Waals surface area contributed by atoms with Crippen molar-refractivity contribution in [3.05, 3.63) is 22.4 Å². The number of thioether (sulfide) groups is 1. The third kappa shape index (κ3) is 2.51. The van der Waals surface area contributed by atoms with Gasteiger partial charge in [-0.2, -0.15) is 10.1 Å². The highest BCUT2D eigenvalue weighted by Crippen LogP contribution is 2.30. The summed E-state index contributed by atoms with van der Waals surface area (Å²) in [6.45, 7) is 4.94. The maximum Gasteiger partial charge on any atom is 0.286 e. The van der Waals surface area contributed by atoms with Crippen molar-refractivity contribution in [1.29, 1.82) is 0 Å². The highest BCUT2D eigenvalue weighted by atomic mass is 32.2. The van der Waals surface area contributed by atoms with Crippen LogP contribution in [0.25, 0.3) is 6.08 Å². The number of amidine groups is 1.